The van der Waals surface area contributed by atoms with Gasteiger partial charge >= 0.3 is 0 Å². The number of benzene rings is 1. The van der Waals surface area contributed by atoms with Crippen molar-refractivity contribution in [2.75, 3.05) is 13.2 Å². The van der Waals surface area contributed by atoms with E-state index in [9.17, 15) is 13.6 Å². The fraction of sp³-hybridized carbons (Fsp3) is 0.462. The highest BCUT2D eigenvalue weighted by molar-refractivity contribution is 5.98. The lowest BCUT2D eigenvalue weighted by atomic mass is 10.1. The third-order valence-corrected chi connectivity index (χ3v) is 2.84. The SMILES string of the molecule is NCCC(=O)c1cc(F)cc(F)c1OCC1CC1. The lowest BCUT2D eigenvalue weighted by molar-refractivity contribution is 0.0979. The zero-order valence-electron chi connectivity index (χ0n) is 9.92. The maximum absolute atomic E-state index is 13.6. The van der Waals surface area contributed by atoms with Crippen LogP contribution in [0.4, 0.5) is 8.78 Å². The maximum Gasteiger partial charge on any atom is 0.168 e. The minimum absolute atomic E-state index is 0.0443. The molecule has 18 heavy (non-hydrogen) atoms. The average Bonchev–Trinajstić information content (AvgIpc) is 3.11. The first-order chi connectivity index (χ1) is 8.61. The van der Waals surface area contributed by atoms with Crippen molar-refractivity contribution in [3.05, 3.63) is 29.3 Å². The number of ether oxygens (including phenoxy) is 1. The molecule has 0 saturated heterocycles. The highest BCUT2D eigenvalue weighted by atomic mass is 19.1. The lowest BCUT2D eigenvalue weighted by Gasteiger charge is -2.11. The second-order valence-electron chi connectivity index (χ2n) is 4.48. The third-order valence-electron chi connectivity index (χ3n) is 2.84. The summed E-state index contributed by atoms with van der Waals surface area (Å²) in [6.07, 6.45) is 2.15. The van der Waals surface area contributed by atoms with Gasteiger partial charge in [0.15, 0.2) is 17.3 Å². The van der Waals surface area contributed by atoms with Crippen molar-refractivity contribution in [2.24, 2.45) is 11.7 Å². The van der Waals surface area contributed by atoms with Gasteiger partial charge in [0, 0.05) is 12.5 Å². The van der Waals surface area contributed by atoms with Crippen LogP contribution in [0.15, 0.2) is 12.1 Å². The second kappa shape index (κ2) is 5.44. The number of ketones is 1. The Morgan fingerprint density at radius 3 is 2.72 bits per heavy atom. The topological polar surface area (TPSA) is 52.3 Å². The van der Waals surface area contributed by atoms with Crippen molar-refractivity contribution in [1.29, 1.82) is 0 Å². The van der Waals surface area contributed by atoms with Crippen LogP contribution in [0.3, 0.4) is 0 Å². The quantitative estimate of drug-likeness (QED) is 0.793. The Kier molecular flexibility index (Phi) is 3.91. The van der Waals surface area contributed by atoms with Crippen molar-refractivity contribution < 1.29 is 18.3 Å². The summed E-state index contributed by atoms with van der Waals surface area (Å²) in [6, 6.07) is 1.73. The predicted octanol–water partition coefficient (Wildman–Crippen LogP) is 2.29. The van der Waals surface area contributed by atoms with Crippen LogP contribution >= 0.6 is 0 Å². The third kappa shape index (κ3) is 3.04. The first-order valence-electron chi connectivity index (χ1n) is 5.97. The molecule has 0 heterocycles. The van der Waals surface area contributed by atoms with Crippen LogP contribution in [0, 0.1) is 17.6 Å². The summed E-state index contributed by atoms with van der Waals surface area (Å²) >= 11 is 0. The Labute approximate surface area is 104 Å². The van der Waals surface area contributed by atoms with E-state index in [0.717, 1.165) is 25.0 Å². The first-order valence-corrected chi connectivity index (χ1v) is 5.97. The van der Waals surface area contributed by atoms with Gasteiger partial charge in [-0.25, -0.2) is 8.78 Å². The molecular formula is C13H15F2NO2. The van der Waals surface area contributed by atoms with E-state index < -0.39 is 17.4 Å². The summed E-state index contributed by atoms with van der Waals surface area (Å²) in [4.78, 5) is 11.7. The molecule has 1 aliphatic rings. The first kappa shape index (κ1) is 13.0. The van der Waals surface area contributed by atoms with Gasteiger partial charge in [-0.2, -0.15) is 0 Å². The summed E-state index contributed by atoms with van der Waals surface area (Å²) < 4.78 is 32.1. The molecule has 2 rings (SSSR count). The zero-order valence-corrected chi connectivity index (χ0v) is 9.92. The van der Waals surface area contributed by atoms with E-state index in [0.29, 0.717) is 12.5 Å². The van der Waals surface area contributed by atoms with E-state index in [1.807, 2.05) is 0 Å². The molecule has 0 aromatic heterocycles. The molecule has 0 bridgehead atoms. The summed E-state index contributed by atoms with van der Waals surface area (Å²) in [7, 11) is 0. The van der Waals surface area contributed by atoms with Crippen molar-refractivity contribution >= 4 is 5.78 Å². The highest BCUT2D eigenvalue weighted by Crippen LogP contribution is 2.32. The van der Waals surface area contributed by atoms with Gasteiger partial charge in [-0.05, 0) is 31.4 Å². The van der Waals surface area contributed by atoms with Gasteiger partial charge < -0.3 is 10.5 Å². The van der Waals surface area contributed by atoms with Gasteiger partial charge in [0.05, 0.1) is 12.2 Å². The van der Waals surface area contributed by atoms with Crippen LogP contribution in [0.2, 0.25) is 0 Å². The van der Waals surface area contributed by atoms with E-state index in [-0.39, 0.29) is 24.3 Å². The molecule has 0 radical (unpaired) electrons. The average molecular weight is 255 g/mol. The summed E-state index contributed by atoms with van der Waals surface area (Å²) in [5, 5.41) is 0. The van der Waals surface area contributed by atoms with Crippen LogP contribution in [-0.2, 0) is 0 Å². The van der Waals surface area contributed by atoms with Gasteiger partial charge in [-0.15, -0.1) is 0 Å². The molecular weight excluding hydrogens is 240 g/mol. The summed E-state index contributed by atoms with van der Waals surface area (Å²) in [6.45, 7) is 0.504. The molecule has 0 unspecified atom stereocenters. The predicted molar refractivity (Wildman–Crippen MR) is 62.6 cm³/mol. The molecule has 0 spiro atoms. The van der Waals surface area contributed by atoms with Crippen LogP contribution in [-0.4, -0.2) is 18.9 Å². The molecule has 98 valence electrons. The number of halogens is 2. The Hall–Kier alpha value is -1.49. The fourth-order valence-electron chi connectivity index (χ4n) is 1.67. The van der Waals surface area contributed by atoms with E-state index in [1.165, 1.54) is 0 Å². The normalized spacial score (nSPS) is 14.6. The number of Topliss-reactive ketones (excluding diaryl/α,β-unsaturated/α-hetero) is 1. The van der Waals surface area contributed by atoms with Crippen molar-refractivity contribution in [1.82, 2.24) is 0 Å². The number of rotatable bonds is 6. The molecule has 2 N–H and O–H groups in total. The van der Waals surface area contributed by atoms with Gasteiger partial charge in [-0.3, -0.25) is 4.79 Å². The van der Waals surface area contributed by atoms with Crippen LogP contribution in [0.1, 0.15) is 29.6 Å². The minimum Gasteiger partial charge on any atom is -0.489 e. The Morgan fingerprint density at radius 1 is 1.39 bits per heavy atom. The number of hydrogen-bond acceptors (Lipinski definition) is 3. The molecule has 5 heteroatoms. The van der Waals surface area contributed by atoms with Crippen molar-refractivity contribution in [3.63, 3.8) is 0 Å². The summed E-state index contributed by atoms with van der Waals surface area (Å²) in [5.41, 5.74) is 5.22. The van der Waals surface area contributed by atoms with Crippen LogP contribution in [0.5, 0.6) is 5.75 Å². The Bertz CT molecular complexity index is 459. The molecule has 1 aromatic rings. The molecule has 0 atom stereocenters. The molecule has 1 fully saturated rings. The smallest absolute Gasteiger partial charge is 0.168 e. The van der Waals surface area contributed by atoms with E-state index in [1.54, 1.807) is 0 Å². The fourth-order valence-corrected chi connectivity index (χ4v) is 1.67. The molecule has 1 aromatic carbocycles. The van der Waals surface area contributed by atoms with Gasteiger partial charge in [0.1, 0.15) is 5.82 Å². The Balaban J connectivity index is 2.24. The van der Waals surface area contributed by atoms with Gasteiger partial charge in [-0.1, -0.05) is 0 Å². The second-order valence-corrected chi connectivity index (χ2v) is 4.48. The monoisotopic (exact) mass is 255 g/mol. The van der Waals surface area contributed by atoms with Gasteiger partial charge in [0.2, 0.25) is 0 Å². The Morgan fingerprint density at radius 2 is 2.11 bits per heavy atom. The molecule has 1 aliphatic carbocycles. The van der Waals surface area contributed by atoms with E-state index in [4.69, 9.17) is 10.5 Å². The molecule has 3 nitrogen and oxygen atoms in total. The minimum atomic E-state index is -0.837. The van der Waals surface area contributed by atoms with Crippen molar-refractivity contribution in [2.45, 2.75) is 19.3 Å². The van der Waals surface area contributed by atoms with Crippen LogP contribution < -0.4 is 10.5 Å². The highest BCUT2D eigenvalue weighted by Gasteiger charge is 2.25. The van der Waals surface area contributed by atoms with Crippen molar-refractivity contribution in [3.8, 4) is 5.75 Å². The zero-order chi connectivity index (χ0) is 13.1. The standard InChI is InChI=1S/C13H15F2NO2/c14-9-5-10(12(17)3-4-16)13(11(15)6-9)18-7-8-1-2-8/h5-6,8H,1-4,7,16H2. The lowest BCUT2D eigenvalue weighted by Crippen LogP contribution is -2.12. The number of nitrogens with two attached hydrogens (primary N) is 1. The molecule has 0 aliphatic heterocycles. The molecule has 0 amide bonds. The van der Waals surface area contributed by atoms with E-state index in [2.05, 4.69) is 0 Å². The summed E-state index contributed by atoms with van der Waals surface area (Å²) in [5.74, 6) is -1.75. The number of carbonyl (C=O) groups is 1. The molecule has 1 saturated carbocycles. The number of carbonyl (C=O) groups excluding carboxylic acids is 1. The number of hydrogen-bond donors (Lipinski definition) is 1. The van der Waals surface area contributed by atoms with Gasteiger partial charge in [0.25, 0.3) is 0 Å². The van der Waals surface area contributed by atoms with Crippen LogP contribution in [0.25, 0.3) is 0 Å². The maximum atomic E-state index is 13.6. The van der Waals surface area contributed by atoms with E-state index >= 15 is 0 Å². The largest absolute Gasteiger partial charge is 0.489 e.